The van der Waals surface area contributed by atoms with Crippen molar-refractivity contribution >= 4 is 18.3 Å². The Morgan fingerprint density at radius 2 is 2.10 bits per heavy atom. The Labute approximate surface area is 133 Å². The van der Waals surface area contributed by atoms with Crippen molar-refractivity contribution in [2.24, 2.45) is 11.7 Å². The summed E-state index contributed by atoms with van der Waals surface area (Å²) >= 11 is 0. The van der Waals surface area contributed by atoms with Crippen molar-refractivity contribution in [2.75, 3.05) is 13.2 Å². The molecule has 3 N–H and O–H groups in total. The van der Waals surface area contributed by atoms with Gasteiger partial charge >= 0.3 is 0 Å². The molecule has 1 aromatic rings. The van der Waals surface area contributed by atoms with E-state index in [0.29, 0.717) is 19.1 Å². The third-order valence-electron chi connectivity index (χ3n) is 3.07. The zero-order valence-electron chi connectivity index (χ0n) is 13.1. The highest BCUT2D eigenvalue weighted by atomic mass is 35.5. The number of nitrogens with one attached hydrogen (secondary N) is 1. The molecule has 0 bridgehead atoms. The van der Waals surface area contributed by atoms with Crippen molar-refractivity contribution < 1.29 is 9.53 Å². The van der Waals surface area contributed by atoms with Gasteiger partial charge in [0.05, 0.1) is 13.2 Å². The van der Waals surface area contributed by atoms with Crippen molar-refractivity contribution in [1.29, 1.82) is 0 Å². The van der Waals surface area contributed by atoms with E-state index >= 15 is 0 Å². The minimum atomic E-state index is -0.156. The molecule has 0 unspecified atom stereocenters. The Morgan fingerprint density at radius 3 is 2.71 bits per heavy atom. The summed E-state index contributed by atoms with van der Waals surface area (Å²) < 4.78 is 5.85. The van der Waals surface area contributed by atoms with Crippen LogP contribution in [0.5, 0.6) is 5.75 Å². The second-order valence-electron chi connectivity index (χ2n) is 5.48. The van der Waals surface area contributed by atoms with E-state index < -0.39 is 0 Å². The van der Waals surface area contributed by atoms with Crippen LogP contribution in [0.4, 0.5) is 0 Å². The highest BCUT2D eigenvalue weighted by Gasteiger charge is 2.06. The second kappa shape index (κ2) is 10.5. The fraction of sp³-hybridized carbons (Fsp3) is 0.562. The van der Waals surface area contributed by atoms with Crippen LogP contribution in [0.3, 0.4) is 0 Å². The maximum absolute atomic E-state index is 11.2. The zero-order valence-corrected chi connectivity index (χ0v) is 14.0. The molecule has 1 aromatic carbocycles. The zero-order chi connectivity index (χ0) is 15.0. The monoisotopic (exact) mass is 314 g/mol. The van der Waals surface area contributed by atoms with Gasteiger partial charge in [0, 0.05) is 12.1 Å². The van der Waals surface area contributed by atoms with Crippen molar-refractivity contribution in [3.05, 3.63) is 29.3 Å². The van der Waals surface area contributed by atoms with E-state index in [1.807, 2.05) is 25.1 Å². The number of rotatable bonds is 8. The minimum absolute atomic E-state index is 0. The molecule has 0 spiro atoms. The van der Waals surface area contributed by atoms with E-state index in [-0.39, 0.29) is 24.9 Å². The number of amides is 1. The molecule has 0 fully saturated rings. The Kier molecular flexibility index (Phi) is 9.84. The minimum Gasteiger partial charge on any atom is -0.493 e. The molecule has 4 nitrogen and oxygen atoms in total. The van der Waals surface area contributed by atoms with E-state index in [2.05, 4.69) is 19.2 Å². The molecule has 1 amide bonds. The van der Waals surface area contributed by atoms with Crippen molar-refractivity contribution in [3.63, 3.8) is 0 Å². The number of carbonyl (C=O) groups excluding carboxylic acids is 1. The molecule has 0 heterocycles. The van der Waals surface area contributed by atoms with E-state index in [4.69, 9.17) is 10.5 Å². The quantitative estimate of drug-likeness (QED) is 0.725. The van der Waals surface area contributed by atoms with Gasteiger partial charge in [-0.1, -0.05) is 26.0 Å². The molecule has 0 aliphatic carbocycles. The number of hydrogen-bond acceptors (Lipinski definition) is 3. The molecule has 1 rings (SSSR count). The van der Waals surface area contributed by atoms with Crippen LogP contribution in [0.2, 0.25) is 0 Å². The van der Waals surface area contributed by atoms with Crippen LogP contribution in [0, 0.1) is 12.8 Å². The summed E-state index contributed by atoms with van der Waals surface area (Å²) in [7, 11) is 0. The highest BCUT2D eigenvalue weighted by molar-refractivity contribution is 5.85. The lowest BCUT2D eigenvalue weighted by Crippen LogP contribution is -2.29. The van der Waals surface area contributed by atoms with Gasteiger partial charge in [-0.3, -0.25) is 4.79 Å². The van der Waals surface area contributed by atoms with Crippen LogP contribution in [0.1, 0.15) is 37.8 Å². The van der Waals surface area contributed by atoms with Gasteiger partial charge in [0.15, 0.2) is 0 Å². The average molecular weight is 315 g/mol. The van der Waals surface area contributed by atoms with Crippen LogP contribution >= 0.6 is 12.4 Å². The highest BCUT2D eigenvalue weighted by Crippen LogP contribution is 2.21. The van der Waals surface area contributed by atoms with Gasteiger partial charge in [-0.25, -0.2) is 0 Å². The topological polar surface area (TPSA) is 64.4 Å². The largest absolute Gasteiger partial charge is 0.493 e. The molecule has 0 saturated carbocycles. The summed E-state index contributed by atoms with van der Waals surface area (Å²) in [5, 5.41) is 2.77. The molecule has 0 atom stereocenters. The molecule has 0 saturated heterocycles. The predicted octanol–water partition coefficient (Wildman–Crippen LogP) is 2.81. The van der Waals surface area contributed by atoms with Gasteiger partial charge in [-0.15, -0.1) is 12.4 Å². The van der Waals surface area contributed by atoms with Gasteiger partial charge in [0.2, 0.25) is 5.91 Å². The maximum Gasteiger partial charge on any atom is 0.234 e. The number of halogens is 1. The van der Waals surface area contributed by atoms with Gasteiger partial charge in [0.1, 0.15) is 5.75 Å². The number of ether oxygens (including phenoxy) is 1. The van der Waals surface area contributed by atoms with Crippen LogP contribution in [0.15, 0.2) is 18.2 Å². The van der Waals surface area contributed by atoms with Crippen LogP contribution in [-0.4, -0.2) is 19.1 Å². The Balaban J connectivity index is 0.00000400. The molecular weight excluding hydrogens is 288 g/mol. The third-order valence-corrected chi connectivity index (χ3v) is 3.07. The first-order valence-electron chi connectivity index (χ1n) is 7.22. The van der Waals surface area contributed by atoms with E-state index in [1.54, 1.807) is 0 Å². The van der Waals surface area contributed by atoms with Gasteiger partial charge in [0.25, 0.3) is 0 Å². The lowest BCUT2D eigenvalue weighted by molar-refractivity contribution is -0.119. The summed E-state index contributed by atoms with van der Waals surface area (Å²) in [5.41, 5.74) is 7.42. The molecule has 5 heteroatoms. The normalized spacial score (nSPS) is 10.1. The first kappa shape index (κ1) is 19.7. The molecule has 0 aliphatic rings. The van der Waals surface area contributed by atoms with Crippen LogP contribution in [-0.2, 0) is 11.3 Å². The lowest BCUT2D eigenvalue weighted by Gasteiger charge is -2.13. The Hall–Kier alpha value is -1.26. The van der Waals surface area contributed by atoms with Gasteiger partial charge in [-0.05, 0) is 37.3 Å². The van der Waals surface area contributed by atoms with E-state index in [0.717, 1.165) is 29.7 Å². The van der Waals surface area contributed by atoms with Crippen molar-refractivity contribution in [2.45, 2.75) is 40.2 Å². The summed E-state index contributed by atoms with van der Waals surface area (Å²) in [5.74, 6) is 1.39. The lowest BCUT2D eigenvalue weighted by atomic mass is 10.1. The molecule has 0 aromatic heterocycles. The summed E-state index contributed by atoms with van der Waals surface area (Å²) in [6, 6.07) is 6.02. The summed E-state index contributed by atoms with van der Waals surface area (Å²) in [4.78, 5) is 11.2. The SMILES string of the molecule is Cc1ccc(CNC(=O)CN)c(OCCCC(C)C)c1.Cl. The summed E-state index contributed by atoms with van der Waals surface area (Å²) in [6.07, 6.45) is 2.20. The van der Waals surface area contributed by atoms with Crippen LogP contribution in [0.25, 0.3) is 0 Å². The Morgan fingerprint density at radius 1 is 1.38 bits per heavy atom. The fourth-order valence-corrected chi connectivity index (χ4v) is 1.88. The average Bonchev–Trinajstić information content (AvgIpc) is 2.42. The Bertz CT molecular complexity index is 436. The second-order valence-corrected chi connectivity index (χ2v) is 5.48. The molecule has 0 aliphatic heterocycles. The molecular formula is C16H27ClN2O2. The summed E-state index contributed by atoms with van der Waals surface area (Å²) in [6.45, 7) is 7.62. The van der Waals surface area contributed by atoms with Crippen molar-refractivity contribution in [3.8, 4) is 5.75 Å². The number of aryl methyl sites for hydroxylation is 1. The first-order valence-corrected chi connectivity index (χ1v) is 7.22. The smallest absolute Gasteiger partial charge is 0.234 e. The third kappa shape index (κ3) is 7.93. The van der Waals surface area contributed by atoms with E-state index in [9.17, 15) is 4.79 Å². The number of nitrogens with two attached hydrogens (primary N) is 1. The maximum atomic E-state index is 11.2. The van der Waals surface area contributed by atoms with E-state index in [1.165, 1.54) is 0 Å². The number of hydrogen-bond donors (Lipinski definition) is 2. The van der Waals surface area contributed by atoms with Gasteiger partial charge < -0.3 is 15.8 Å². The first-order chi connectivity index (χ1) is 9.52. The van der Waals surface area contributed by atoms with Crippen LogP contribution < -0.4 is 15.8 Å². The molecule has 0 radical (unpaired) electrons. The predicted molar refractivity (Wildman–Crippen MR) is 88.9 cm³/mol. The van der Waals surface area contributed by atoms with Gasteiger partial charge in [-0.2, -0.15) is 0 Å². The number of benzene rings is 1. The standard InChI is InChI=1S/C16H26N2O2.ClH/c1-12(2)5-4-8-20-15-9-13(3)6-7-14(15)11-18-16(19)10-17;/h6-7,9,12H,4-5,8,10-11,17H2,1-3H3,(H,18,19);1H. The van der Waals surface area contributed by atoms with Crippen molar-refractivity contribution in [1.82, 2.24) is 5.32 Å². The molecule has 120 valence electrons. The number of carbonyl (C=O) groups is 1. The fourth-order valence-electron chi connectivity index (χ4n) is 1.88. The molecule has 21 heavy (non-hydrogen) atoms.